The Morgan fingerprint density at radius 1 is 1.33 bits per heavy atom. The van der Waals surface area contributed by atoms with Crippen LogP contribution in [0.3, 0.4) is 0 Å². The minimum Gasteiger partial charge on any atom is -0.0651 e. The van der Waals surface area contributed by atoms with E-state index in [4.69, 9.17) is 0 Å². The van der Waals surface area contributed by atoms with Crippen molar-refractivity contribution < 1.29 is 0 Å². The highest BCUT2D eigenvalue weighted by molar-refractivity contribution is 4.93. The van der Waals surface area contributed by atoms with E-state index in [1.165, 1.54) is 19.3 Å². The highest BCUT2D eigenvalue weighted by Gasteiger charge is 2.43. The number of hydrogen-bond acceptors (Lipinski definition) is 0. The molecule has 0 radical (unpaired) electrons. The van der Waals surface area contributed by atoms with Gasteiger partial charge in [-0.1, -0.05) is 41.0 Å². The van der Waals surface area contributed by atoms with E-state index in [-0.39, 0.29) is 0 Å². The van der Waals surface area contributed by atoms with Gasteiger partial charge in [-0.25, -0.2) is 0 Å². The van der Waals surface area contributed by atoms with E-state index in [9.17, 15) is 0 Å². The molecule has 72 valence electrons. The molecular formula is C12H24. The molecule has 1 aliphatic carbocycles. The van der Waals surface area contributed by atoms with Gasteiger partial charge in [0.15, 0.2) is 0 Å². The Labute approximate surface area is 77.7 Å². The molecule has 0 N–H and O–H groups in total. The van der Waals surface area contributed by atoms with Crippen molar-refractivity contribution in [3.05, 3.63) is 0 Å². The van der Waals surface area contributed by atoms with Gasteiger partial charge in [-0.15, -0.1) is 0 Å². The zero-order chi connectivity index (χ0) is 9.35. The molecule has 1 fully saturated rings. The second-order valence-corrected chi connectivity index (χ2v) is 5.43. The van der Waals surface area contributed by atoms with Crippen LogP contribution in [0.15, 0.2) is 0 Å². The van der Waals surface area contributed by atoms with E-state index in [1.54, 1.807) is 0 Å². The summed E-state index contributed by atoms with van der Waals surface area (Å²) in [4.78, 5) is 0. The normalized spacial score (nSPS) is 38.0. The molecule has 0 aliphatic heterocycles. The maximum atomic E-state index is 2.49. The van der Waals surface area contributed by atoms with Crippen LogP contribution in [0.25, 0.3) is 0 Å². The first kappa shape index (κ1) is 10.1. The lowest BCUT2D eigenvalue weighted by Gasteiger charge is -2.51. The van der Waals surface area contributed by atoms with Crippen LogP contribution in [0.5, 0.6) is 0 Å². The van der Waals surface area contributed by atoms with E-state index < -0.39 is 0 Å². The van der Waals surface area contributed by atoms with Gasteiger partial charge in [0.25, 0.3) is 0 Å². The van der Waals surface area contributed by atoms with Gasteiger partial charge < -0.3 is 0 Å². The molecule has 0 aromatic heterocycles. The van der Waals surface area contributed by atoms with Crippen molar-refractivity contribution in [3.8, 4) is 0 Å². The van der Waals surface area contributed by atoms with Gasteiger partial charge in [-0.3, -0.25) is 0 Å². The third-order valence-electron chi connectivity index (χ3n) is 3.77. The maximum absolute atomic E-state index is 2.49. The van der Waals surface area contributed by atoms with Crippen LogP contribution in [0.1, 0.15) is 53.9 Å². The quantitative estimate of drug-likeness (QED) is 0.595. The van der Waals surface area contributed by atoms with Crippen molar-refractivity contribution in [2.24, 2.45) is 23.2 Å². The van der Waals surface area contributed by atoms with Crippen LogP contribution in [0, 0.1) is 23.2 Å². The molecule has 1 aliphatic rings. The smallest absolute Gasteiger partial charge is 0.0290 e. The Hall–Kier alpha value is 0. The summed E-state index contributed by atoms with van der Waals surface area (Å²) in [5.74, 6) is 2.81. The molecule has 1 atom stereocenters. The average molecular weight is 168 g/mol. The van der Waals surface area contributed by atoms with Gasteiger partial charge in [0.1, 0.15) is 0 Å². The molecule has 12 heavy (non-hydrogen) atoms. The first-order chi connectivity index (χ1) is 5.49. The zero-order valence-corrected chi connectivity index (χ0v) is 9.35. The van der Waals surface area contributed by atoms with Gasteiger partial charge in [0, 0.05) is 0 Å². The fraction of sp³-hybridized carbons (Fsp3) is 1.00. The van der Waals surface area contributed by atoms with Crippen molar-refractivity contribution in [2.75, 3.05) is 0 Å². The molecule has 0 spiro atoms. The van der Waals surface area contributed by atoms with E-state index in [1.807, 2.05) is 0 Å². The van der Waals surface area contributed by atoms with Gasteiger partial charge in [0.05, 0.1) is 0 Å². The molecule has 0 bridgehead atoms. The van der Waals surface area contributed by atoms with Crippen LogP contribution in [0.2, 0.25) is 0 Å². The molecule has 1 saturated carbocycles. The second kappa shape index (κ2) is 3.40. The van der Waals surface area contributed by atoms with E-state index >= 15 is 0 Å². The van der Waals surface area contributed by atoms with E-state index in [2.05, 4.69) is 34.6 Å². The Bertz CT molecular complexity index is 140. The summed E-state index contributed by atoms with van der Waals surface area (Å²) in [5, 5.41) is 0. The predicted molar refractivity (Wildman–Crippen MR) is 55.1 cm³/mol. The number of hydrogen-bond donors (Lipinski definition) is 0. The highest BCUT2D eigenvalue weighted by atomic mass is 14.5. The molecular weight excluding hydrogens is 144 g/mol. The van der Waals surface area contributed by atoms with Crippen LogP contribution in [0.4, 0.5) is 0 Å². The molecule has 0 nitrogen and oxygen atoms in total. The first-order valence-electron chi connectivity index (χ1n) is 5.49. The monoisotopic (exact) mass is 168 g/mol. The lowest BCUT2D eigenvalue weighted by atomic mass is 9.55. The zero-order valence-electron chi connectivity index (χ0n) is 9.35. The molecule has 1 rings (SSSR count). The van der Waals surface area contributed by atoms with E-state index in [0.29, 0.717) is 5.41 Å². The number of rotatable bonds is 3. The summed E-state index contributed by atoms with van der Waals surface area (Å²) in [6.07, 6.45) is 4.29. The minimum atomic E-state index is 0.683. The van der Waals surface area contributed by atoms with E-state index in [0.717, 1.165) is 17.8 Å². The summed E-state index contributed by atoms with van der Waals surface area (Å²) in [6.45, 7) is 12.0. The Kier molecular flexibility index (Phi) is 2.85. The summed E-state index contributed by atoms with van der Waals surface area (Å²) in [5.41, 5.74) is 0.683. The first-order valence-corrected chi connectivity index (χ1v) is 5.49. The van der Waals surface area contributed by atoms with Crippen molar-refractivity contribution in [2.45, 2.75) is 53.9 Å². The average Bonchev–Trinajstić information content (AvgIpc) is 1.84. The van der Waals surface area contributed by atoms with Gasteiger partial charge in [-0.2, -0.15) is 0 Å². The standard InChI is InChI=1S/C12H24/c1-6-11(9(2)3)12(5)7-10(4)8-12/h9-11H,6-8H2,1-5H3. The van der Waals surface area contributed by atoms with Crippen LogP contribution >= 0.6 is 0 Å². The third kappa shape index (κ3) is 1.67. The molecule has 0 amide bonds. The SMILES string of the molecule is CCC(C(C)C)C1(C)CC(C)C1. The van der Waals surface area contributed by atoms with Crippen molar-refractivity contribution >= 4 is 0 Å². The second-order valence-electron chi connectivity index (χ2n) is 5.43. The molecule has 0 aromatic carbocycles. The van der Waals surface area contributed by atoms with Gasteiger partial charge >= 0.3 is 0 Å². The topological polar surface area (TPSA) is 0 Å². The highest BCUT2D eigenvalue weighted by Crippen LogP contribution is 2.53. The van der Waals surface area contributed by atoms with Crippen LogP contribution < -0.4 is 0 Å². The fourth-order valence-corrected chi connectivity index (χ4v) is 3.60. The third-order valence-corrected chi connectivity index (χ3v) is 3.77. The van der Waals surface area contributed by atoms with Crippen LogP contribution in [-0.4, -0.2) is 0 Å². The molecule has 1 unspecified atom stereocenters. The summed E-state index contributed by atoms with van der Waals surface area (Å²) in [6, 6.07) is 0. The van der Waals surface area contributed by atoms with Gasteiger partial charge in [0.2, 0.25) is 0 Å². The van der Waals surface area contributed by atoms with Crippen LogP contribution in [-0.2, 0) is 0 Å². The summed E-state index contributed by atoms with van der Waals surface area (Å²) < 4.78 is 0. The lowest BCUT2D eigenvalue weighted by molar-refractivity contribution is -0.00587. The molecule has 0 aromatic rings. The lowest BCUT2D eigenvalue weighted by Crippen LogP contribution is -2.41. The van der Waals surface area contributed by atoms with Crippen molar-refractivity contribution in [1.82, 2.24) is 0 Å². The molecule has 0 heterocycles. The Balaban J connectivity index is 2.54. The summed E-state index contributed by atoms with van der Waals surface area (Å²) in [7, 11) is 0. The predicted octanol–water partition coefficient (Wildman–Crippen LogP) is 4.10. The Morgan fingerprint density at radius 3 is 2.08 bits per heavy atom. The van der Waals surface area contributed by atoms with Crippen molar-refractivity contribution in [1.29, 1.82) is 0 Å². The molecule has 0 heteroatoms. The summed E-state index contributed by atoms with van der Waals surface area (Å²) >= 11 is 0. The van der Waals surface area contributed by atoms with Gasteiger partial charge in [-0.05, 0) is 36.0 Å². The largest absolute Gasteiger partial charge is 0.0651 e. The fourth-order valence-electron chi connectivity index (χ4n) is 3.60. The van der Waals surface area contributed by atoms with Crippen molar-refractivity contribution in [3.63, 3.8) is 0 Å². The Morgan fingerprint density at radius 2 is 1.83 bits per heavy atom. The maximum Gasteiger partial charge on any atom is -0.0290 e. The molecule has 0 saturated heterocycles. The minimum absolute atomic E-state index is 0.683.